The third-order valence-electron chi connectivity index (χ3n) is 4.12. The highest BCUT2D eigenvalue weighted by molar-refractivity contribution is 6.35. The SMILES string of the molecule is Cc1nn(-c2nc3ccccc3[nH]2)c(O)c1Cc1ccc(Cl)cc1Cl. The number of nitrogens with one attached hydrogen (secondary N) is 1. The molecule has 0 aliphatic carbocycles. The van der Waals surface area contributed by atoms with Crippen LogP contribution < -0.4 is 0 Å². The van der Waals surface area contributed by atoms with E-state index in [0.29, 0.717) is 33.7 Å². The Bertz CT molecular complexity index is 1050. The van der Waals surface area contributed by atoms with Crippen LogP contribution in [0, 0.1) is 6.92 Å². The van der Waals surface area contributed by atoms with Gasteiger partial charge >= 0.3 is 0 Å². The Hall–Kier alpha value is -2.50. The number of halogens is 2. The van der Waals surface area contributed by atoms with Gasteiger partial charge in [-0.1, -0.05) is 41.4 Å². The Morgan fingerprint density at radius 1 is 1.16 bits per heavy atom. The van der Waals surface area contributed by atoms with E-state index in [4.69, 9.17) is 23.2 Å². The molecule has 4 aromatic rings. The first-order valence-electron chi connectivity index (χ1n) is 7.69. The molecule has 2 aromatic heterocycles. The fourth-order valence-electron chi connectivity index (χ4n) is 2.80. The van der Waals surface area contributed by atoms with E-state index in [1.54, 1.807) is 12.1 Å². The number of aromatic hydroxyl groups is 1. The lowest BCUT2D eigenvalue weighted by Gasteiger charge is -2.05. The van der Waals surface area contributed by atoms with E-state index in [9.17, 15) is 5.11 Å². The van der Waals surface area contributed by atoms with Crippen molar-refractivity contribution in [2.75, 3.05) is 0 Å². The zero-order valence-electron chi connectivity index (χ0n) is 13.3. The van der Waals surface area contributed by atoms with Crippen LogP contribution in [0.4, 0.5) is 0 Å². The summed E-state index contributed by atoms with van der Waals surface area (Å²) in [6, 6.07) is 13.0. The molecule has 2 aromatic carbocycles. The van der Waals surface area contributed by atoms with Crippen molar-refractivity contribution in [1.82, 2.24) is 19.7 Å². The van der Waals surface area contributed by atoms with Crippen LogP contribution in [0.15, 0.2) is 42.5 Å². The van der Waals surface area contributed by atoms with Gasteiger partial charge in [0.1, 0.15) is 0 Å². The summed E-state index contributed by atoms with van der Waals surface area (Å²) < 4.78 is 1.41. The highest BCUT2D eigenvalue weighted by atomic mass is 35.5. The molecule has 0 fully saturated rings. The van der Waals surface area contributed by atoms with E-state index in [-0.39, 0.29) is 5.88 Å². The van der Waals surface area contributed by atoms with Crippen LogP contribution in [0.25, 0.3) is 17.0 Å². The predicted octanol–water partition coefficient (Wildman–Crippen LogP) is 4.66. The minimum Gasteiger partial charge on any atom is -0.493 e. The molecule has 0 atom stereocenters. The van der Waals surface area contributed by atoms with Gasteiger partial charge in [0.05, 0.1) is 16.7 Å². The van der Waals surface area contributed by atoms with Crippen LogP contribution in [0.2, 0.25) is 10.0 Å². The van der Waals surface area contributed by atoms with E-state index in [2.05, 4.69) is 15.1 Å². The van der Waals surface area contributed by atoms with E-state index >= 15 is 0 Å². The average Bonchev–Trinajstić information content (AvgIpc) is 3.12. The molecule has 0 saturated carbocycles. The van der Waals surface area contributed by atoms with Crippen molar-refractivity contribution in [3.63, 3.8) is 0 Å². The number of para-hydroxylation sites is 2. The number of hydrogen-bond acceptors (Lipinski definition) is 3. The first-order valence-corrected chi connectivity index (χ1v) is 8.45. The molecule has 0 amide bonds. The number of benzene rings is 2. The molecule has 0 bridgehead atoms. The second-order valence-electron chi connectivity index (χ2n) is 5.79. The van der Waals surface area contributed by atoms with Crippen LogP contribution in [-0.4, -0.2) is 24.9 Å². The molecule has 2 heterocycles. The minimum absolute atomic E-state index is 0.0440. The fourth-order valence-corrected chi connectivity index (χ4v) is 3.27. The molecule has 126 valence electrons. The van der Waals surface area contributed by atoms with Gasteiger partial charge < -0.3 is 10.1 Å². The number of H-pyrrole nitrogens is 1. The van der Waals surface area contributed by atoms with Crippen molar-refractivity contribution in [1.29, 1.82) is 0 Å². The number of imidazole rings is 1. The van der Waals surface area contributed by atoms with Crippen LogP contribution >= 0.6 is 23.2 Å². The number of aromatic amines is 1. The largest absolute Gasteiger partial charge is 0.493 e. The highest BCUT2D eigenvalue weighted by Gasteiger charge is 2.19. The third kappa shape index (κ3) is 2.86. The lowest BCUT2D eigenvalue weighted by Crippen LogP contribution is -1.98. The van der Waals surface area contributed by atoms with Crippen molar-refractivity contribution >= 4 is 34.2 Å². The molecular weight excluding hydrogens is 359 g/mol. The number of fused-ring (bicyclic) bond motifs is 1. The van der Waals surface area contributed by atoms with Crippen molar-refractivity contribution in [2.24, 2.45) is 0 Å². The van der Waals surface area contributed by atoms with Gasteiger partial charge in [-0.3, -0.25) is 0 Å². The molecule has 2 N–H and O–H groups in total. The van der Waals surface area contributed by atoms with Crippen LogP contribution in [0.5, 0.6) is 5.88 Å². The Balaban J connectivity index is 1.75. The van der Waals surface area contributed by atoms with Crippen molar-refractivity contribution in [3.8, 4) is 11.8 Å². The fraction of sp³-hybridized carbons (Fsp3) is 0.111. The molecule has 5 nitrogen and oxygen atoms in total. The minimum atomic E-state index is 0.0440. The Morgan fingerprint density at radius 2 is 1.96 bits per heavy atom. The maximum Gasteiger partial charge on any atom is 0.232 e. The van der Waals surface area contributed by atoms with E-state index in [1.165, 1.54) is 4.68 Å². The van der Waals surface area contributed by atoms with Gasteiger partial charge in [0.2, 0.25) is 11.8 Å². The quantitative estimate of drug-likeness (QED) is 0.549. The van der Waals surface area contributed by atoms with Gasteiger partial charge in [-0.05, 0) is 36.8 Å². The van der Waals surface area contributed by atoms with Gasteiger partial charge in [-0.15, -0.1) is 0 Å². The lowest BCUT2D eigenvalue weighted by molar-refractivity contribution is 0.426. The average molecular weight is 373 g/mol. The maximum atomic E-state index is 10.7. The maximum absolute atomic E-state index is 10.7. The zero-order chi connectivity index (χ0) is 17.6. The smallest absolute Gasteiger partial charge is 0.232 e. The number of hydrogen-bond donors (Lipinski definition) is 2. The molecule has 0 spiro atoms. The number of rotatable bonds is 3. The summed E-state index contributed by atoms with van der Waals surface area (Å²) in [4.78, 5) is 7.64. The molecule has 7 heteroatoms. The van der Waals surface area contributed by atoms with E-state index < -0.39 is 0 Å². The highest BCUT2D eigenvalue weighted by Crippen LogP contribution is 2.30. The third-order valence-corrected chi connectivity index (χ3v) is 4.70. The van der Waals surface area contributed by atoms with E-state index in [0.717, 1.165) is 16.6 Å². The predicted molar refractivity (Wildman–Crippen MR) is 98.9 cm³/mol. The summed E-state index contributed by atoms with van der Waals surface area (Å²) in [7, 11) is 0. The normalized spacial score (nSPS) is 11.3. The summed E-state index contributed by atoms with van der Waals surface area (Å²) in [5, 5.41) is 16.2. The van der Waals surface area contributed by atoms with Gasteiger partial charge in [0.15, 0.2) is 0 Å². The molecule has 25 heavy (non-hydrogen) atoms. The second kappa shape index (κ2) is 6.10. The molecule has 0 unspecified atom stereocenters. The van der Waals surface area contributed by atoms with Crippen molar-refractivity contribution in [3.05, 3.63) is 69.3 Å². The molecule has 0 saturated heterocycles. The Morgan fingerprint density at radius 3 is 2.72 bits per heavy atom. The van der Waals surface area contributed by atoms with Gasteiger partial charge in [0.25, 0.3) is 0 Å². The molecule has 0 radical (unpaired) electrons. The first-order chi connectivity index (χ1) is 12.0. The molecule has 4 rings (SSSR count). The Kier molecular flexibility index (Phi) is 3.90. The van der Waals surface area contributed by atoms with Crippen molar-refractivity contribution < 1.29 is 5.11 Å². The molecular formula is C18H14Cl2N4O. The molecule has 0 aliphatic heterocycles. The molecule has 0 aliphatic rings. The van der Waals surface area contributed by atoms with Crippen LogP contribution in [-0.2, 0) is 6.42 Å². The van der Waals surface area contributed by atoms with Crippen LogP contribution in [0.3, 0.4) is 0 Å². The van der Waals surface area contributed by atoms with E-state index in [1.807, 2.05) is 37.3 Å². The first kappa shape index (κ1) is 16.0. The second-order valence-corrected chi connectivity index (χ2v) is 6.63. The lowest BCUT2D eigenvalue weighted by atomic mass is 10.1. The van der Waals surface area contributed by atoms with Gasteiger partial charge in [0, 0.05) is 22.0 Å². The summed E-state index contributed by atoms with van der Waals surface area (Å²) in [6.45, 7) is 1.85. The standard InChI is InChI=1S/C18H14Cl2N4O/c1-10-13(8-11-6-7-12(19)9-14(11)20)17(25)24(23-10)18-21-15-4-2-3-5-16(15)22-18/h2-7,9,25H,8H2,1H3,(H,21,22). The summed E-state index contributed by atoms with van der Waals surface area (Å²) in [5.41, 5.74) is 3.97. The van der Waals surface area contributed by atoms with Crippen molar-refractivity contribution in [2.45, 2.75) is 13.3 Å². The monoisotopic (exact) mass is 372 g/mol. The van der Waals surface area contributed by atoms with Gasteiger partial charge in [-0.2, -0.15) is 9.78 Å². The number of aromatic nitrogens is 4. The zero-order valence-corrected chi connectivity index (χ0v) is 14.8. The summed E-state index contributed by atoms with van der Waals surface area (Å²) in [6.07, 6.45) is 0.452. The Labute approximate surface area is 153 Å². The topological polar surface area (TPSA) is 66.7 Å². The number of nitrogens with zero attached hydrogens (tertiary/aromatic N) is 3. The summed E-state index contributed by atoms with van der Waals surface area (Å²) >= 11 is 12.2. The van der Waals surface area contributed by atoms with Crippen LogP contribution in [0.1, 0.15) is 16.8 Å². The number of aryl methyl sites for hydroxylation is 1. The summed E-state index contributed by atoms with van der Waals surface area (Å²) in [5.74, 6) is 0.512. The van der Waals surface area contributed by atoms with Gasteiger partial charge in [-0.25, -0.2) is 4.98 Å².